The van der Waals surface area contributed by atoms with Crippen LogP contribution in [0.15, 0.2) is 12.3 Å². The van der Waals surface area contributed by atoms with E-state index in [4.69, 9.17) is 9.84 Å². The summed E-state index contributed by atoms with van der Waals surface area (Å²) in [5, 5.41) is 8.82. The molecule has 0 spiro atoms. The molecule has 8 heteroatoms. The lowest BCUT2D eigenvalue weighted by atomic mass is 10.1. The first kappa shape index (κ1) is 16.9. The number of rotatable bonds is 5. The van der Waals surface area contributed by atoms with Crippen molar-refractivity contribution >= 4 is 11.9 Å². The minimum absolute atomic E-state index is 0.327. The number of carboxylic acid groups (broad SMARTS) is 1. The van der Waals surface area contributed by atoms with Crippen LogP contribution in [-0.2, 0) is 10.9 Å². The number of carboxylic acids is 1. The number of carbonyl (C=O) groups is 2. The minimum Gasteiger partial charge on any atom is -0.478 e. The van der Waals surface area contributed by atoms with Gasteiger partial charge in [-0.1, -0.05) is 13.8 Å². The number of carbonyl (C=O) groups excluding carboxylic acids is 1. The van der Waals surface area contributed by atoms with Gasteiger partial charge in [0.1, 0.15) is 6.10 Å². The van der Waals surface area contributed by atoms with Crippen molar-refractivity contribution in [3.05, 3.63) is 29.1 Å². The fraction of sp³-hybridized carbons (Fsp3) is 0.462. The number of alkyl halides is 3. The molecule has 116 valence electrons. The smallest absolute Gasteiger partial charge is 0.434 e. The van der Waals surface area contributed by atoms with E-state index in [0.29, 0.717) is 25.1 Å². The molecule has 0 fully saturated rings. The second kappa shape index (κ2) is 6.55. The first-order valence-corrected chi connectivity index (χ1v) is 6.22. The Kier molecular flexibility index (Phi) is 5.28. The predicted octanol–water partition coefficient (Wildman–Crippen LogP) is 3.14. The number of pyridine rings is 1. The first-order chi connectivity index (χ1) is 9.70. The fourth-order valence-electron chi connectivity index (χ4n) is 1.64. The lowest BCUT2D eigenvalue weighted by Crippen LogP contribution is -2.20. The second-order valence-electron chi connectivity index (χ2n) is 4.27. The molecule has 0 bridgehead atoms. The number of aromatic nitrogens is 1. The summed E-state index contributed by atoms with van der Waals surface area (Å²) in [5.74, 6) is -2.71. The van der Waals surface area contributed by atoms with Crippen LogP contribution < -0.4 is 0 Å². The highest BCUT2D eigenvalue weighted by Gasteiger charge is 2.37. The molecule has 1 aromatic rings. The standard InChI is InChI=1S/C13H14F3NO4/c1-3-8(4-2)21-12(20)7-5-9(11(18)19)10(17-6-7)13(14,15)16/h5-6,8H,3-4H2,1-2H3,(H,18,19). The number of hydrogen-bond donors (Lipinski definition) is 1. The number of esters is 1. The predicted molar refractivity (Wildman–Crippen MR) is 66.0 cm³/mol. The normalized spacial score (nSPS) is 11.5. The van der Waals surface area contributed by atoms with Crippen LogP contribution in [0.2, 0.25) is 0 Å². The van der Waals surface area contributed by atoms with E-state index in [-0.39, 0.29) is 11.7 Å². The molecule has 1 aromatic heterocycles. The highest BCUT2D eigenvalue weighted by molar-refractivity contribution is 5.95. The molecule has 0 radical (unpaired) electrons. The van der Waals surface area contributed by atoms with Crippen molar-refractivity contribution in [2.24, 2.45) is 0 Å². The number of ether oxygens (including phenoxy) is 1. The van der Waals surface area contributed by atoms with Gasteiger partial charge in [-0.15, -0.1) is 0 Å². The zero-order valence-electron chi connectivity index (χ0n) is 11.4. The summed E-state index contributed by atoms with van der Waals surface area (Å²) in [5.41, 5.74) is -2.96. The van der Waals surface area contributed by atoms with Gasteiger partial charge in [-0.2, -0.15) is 13.2 Å². The SMILES string of the molecule is CCC(CC)OC(=O)c1cnc(C(F)(F)F)c(C(=O)O)c1. The molecule has 1 N–H and O–H groups in total. The van der Waals surface area contributed by atoms with Gasteiger partial charge in [0.2, 0.25) is 0 Å². The first-order valence-electron chi connectivity index (χ1n) is 6.22. The van der Waals surface area contributed by atoms with E-state index >= 15 is 0 Å². The monoisotopic (exact) mass is 305 g/mol. The molecule has 0 saturated carbocycles. The number of nitrogens with zero attached hydrogens (tertiary/aromatic N) is 1. The molecule has 1 rings (SSSR count). The zero-order valence-corrected chi connectivity index (χ0v) is 11.4. The van der Waals surface area contributed by atoms with Crippen LogP contribution in [-0.4, -0.2) is 28.1 Å². The van der Waals surface area contributed by atoms with Gasteiger partial charge in [-0.25, -0.2) is 9.59 Å². The van der Waals surface area contributed by atoms with Crippen LogP contribution >= 0.6 is 0 Å². The van der Waals surface area contributed by atoms with Gasteiger partial charge >= 0.3 is 18.1 Å². The molecular formula is C13H14F3NO4. The van der Waals surface area contributed by atoms with Crippen molar-refractivity contribution in [2.45, 2.75) is 39.0 Å². The highest BCUT2D eigenvalue weighted by Crippen LogP contribution is 2.30. The lowest BCUT2D eigenvalue weighted by molar-refractivity contribution is -0.141. The van der Waals surface area contributed by atoms with Crippen molar-refractivity contribution in [3.8, 4) is 0 Å². The van der Waals surface area contributed by atoms with Crippen LogP contribution in [0.25, 0.3) is 0 Å². The third kappa shape index (κ3) is 4.17. The quantitative estimate of drug-likeness (QED) is 0.846. The second-order valence-corrected chi connectivity index (χ2v) is 4.27. The third-order valence-electron chi connectivity index (χ3n) is 2.81. The molecule has 0 aliphatic heterocycles. The van der Waals surface area contributed by atoms with E-state index in [2.05, 4.69) is 4.98 Å². The minimum atomic E-state index is -4.91. The zero-order chi connectivity index (χ0) is 16.2. The number of halogens is 3. The Hall–Kier alpha value is -2.12. The van der Waals surface area contributed by atoms with E-state index in [0.717, 1.165) is 0 Å². The molecule has 21 heavy (non-hydrogen) atoms. The molecule has 1 heterocycles. The third-order valence-corrected chi connectivity index (χ3v) is 2.81. The molecule has 0 aliphatic carbocycles. The highest BCUT2D eigenvalue weighted by atomic mass is 19.4. The summed E-state index contributed by atoms with van der Waals surface area (Å²) in [6, 6.07) is 0.628. The Bertz CT molecular complexity index is 539. The van der Waals surface area contributed by atoms with Crippen LogP contribution in [0.1, 0.15) is 53.1 Å². The van der Waals surface area contributed by atoms with Crippen molar-refractivity contribution in [3.63, 3.8) is 0 Å². The lowest BCUT2D eigenvalue weighted by Gasteiger charge is -2.15. The fourth-order valence-corrected chi connectivity index (χ4v) is 1.64. The van der Waals surface area contributed by atoms with Crippen molar-refractivity contribution in [1.82, 2.24) is 4.98 Å². The maximum absolute atomic E-state index is 12.6. The van der Waals surface area contributed by atoms with E-state index in [1.807, 2.05) is 0 Å². The molecule has 0 saturated heterocycles. The Balaban J connectivity index is 3.14. The van der Waals surface area contributed by atoms with Gasteiger partial charge in [-0.3, -0.25) is 4.98 Å². The largest absolute Gasteiger partial charge is 0.478 e. The Labute approximate surface area is 118 Å². The van der Waals surface area contributed by atoms with Crippen LogP contribution in [0, 0.1) is 0 Å². The molecular weight excluding hydrogens is 291 g/mol. The van der Waals surface area contributed by atoms with Crippen LogP contribution in [0.5, 0.6) is 0 Å². The van der Waals surface area contributed by atoms with Crippen molar-refractivity contribution < 1.29 is 32.6 Å². The summed E-state index contributed by atoms with van der Waals surface area (Å²) in [4.78, 5) is 25.7. The van der Waals surface area contributed by atoms with E-state index < -0.39 is 29.4 Å². The van der Waals surface area contributed by atoms with Crippen molar-refractivity contribution in [1.29, 1.82) is 0 Å². The molecule has 0 amide bonds. The molecule has 0 atom stereocenters. The van der Waals surface area contributed by atoms with Gasteiger partial charge in [0, 0.05) is 6.20 Å². The topological polar surface area (TPSA) is 76.5 Å². The maximum atomic E-state index is 12.6. The summed E-state index contributed by atoms with van der Waals surface area (Å²) < 4.78 is 42.9. The van der Waals surface area contributed by atoms with Gasteiger partial charge < -0.3 is 9.84 Å². The van der Waals surface area contributed by atoms with Gasteiger partial charge in [0.25, 0.3) is 0 Å². The summed E-state index contributed by atoms with van der Waals surface area (Å²) >= 11 is 0. The Morgan fingerprint density at radius 2 is 1.90 bits per heavy atom. The molecule has 5 nitrogen and oxygen atoms in total. The van der Waals surface area contributed by atoms with Gasteiger partial charge in [-0.05, 0) is 18.9 Å². The van der Waals surface area contributed by atoms with Crippen LogP contribution in [0.3, 0.4) is 0 Å². The van der Waals surface area contributed by atoms with Gasteiger partial charge in [0.15, 0.2) is 5.69 Å². The number of aromatic carboxylic acids is 1. The Morgan fingerprint density at radius 3 is 2.33 bits per heavy atom. The van der Waals surface area contributed by atoms with E-state index in [1.54, 1.807) is 13.8 Å². The summed E-state index contributed by atoms with van der Waals surface area (Å²) in [7, 11) is 0. The number of hydrogen-bond acceptors (Lipinski definition) is 4. The average molecular weight is 305 g/mol. The average Bonchev–Trinajstić information content (AvgIpc) is 2.42. The molecule has 0 aromatic carbocycles. The molecule has 0 unspecified atom stereocenters. The summed E-state index contributed by atoms with van der Waals surface area (Å²) in [6.07, 6.45) is -3.54. The van der Waals surface area contributed by atoms with Crippen molar-refractivity contribution in [2.75, 3.05) is 0 Å². The molecule has 0 aliphatic rings. The maximum Gasteiger partial charge on any atom is 0.434 e. The van der Waals surface area contributed by atoms with Crippen LogP contribution in [0.4, 0.5) is 13.2 Å². The summed E-state index contributed by atoms with van der Waals surface area (Å²) in [6.45, 7) is 3.57. The van der Waals surface area contributed by atoms with Gasteiger partial charge in [0.05, 0.1) is 11.1 Å². The Morgan fingerprint density at radius 1 is 1.33 bits per heavy atom. The van der Waals surface area contributed by atoms with E-state index in [1.165, 1.54) is 0 Å². The van der Waals surface area contributed by atoms with E-state index in [9.17, 15) is 22.8 Å².